The predicted octanol–water partition coefficient (Wildman–Crippen LogP) is 3.29. The van der Waals surface area contributed by atoms with E-state index in [0.29, 0.717) is 0 Å². The molecule has 4 atom stereocenters. The third-order valence-corrected chi connectivity index (χ3v) is 6.52. The highest BCUT2D eigenvalue weighted by atomic mass is 16.4. The molecule has 0 aromatic carbocycles. The minimum absolute atomic E-state index is 0.0336. The van der Waals surface area contributed by atoms with Crippen molar-refractivity contribution in [3.05, 3.63) is 11.6 Å². The van der Waals surface area contributed by atoms with Crippen molar-refractivity contribution in [2.24, 2.45) is 11.8 Å². The summed E-state index contributed by atoms with van der Waals surface area (Å²) < 4.78 is 0. The smallest absolute Gasteiger partial charge is 0.331 e. The van der Waals surface area contributed by atoms with Gasteiger partial charge in [0.1, 0.15) is 6.04 Å². The number of piperidine rings is 1. The van der Waals surface area contributed by atoms with Gasteiger partial charge in [0.2, 0.25) is 11.8 Å². The molecule has 1 heterocycles. The third kappa shape index (κ3) is 7.34. The molecular formula is C24H43N3O4. The van der Waals surface area contributed by atoms with Gasteiger partial charge in [-0.3, -0.25) is 14.5 Å². The fourth-order valence-corrected chi connectivity index (χ4v) is 4.23. The van der Waals surface area contributed by atoms with E-state index >= 15 is 0 Å². The monoisotopic (exact) mass is 437 g/mol. The topological polar surface area (TPSA) is 90.0 Å². The van der Waals surface area contributed by atoms with Crippen molar-refractivity contribution >= 4 is 17.8 Å². The molecule has 0 spiro atoms. The molecule has 31 heavy (non-hydrogen) atoms. The van der Waals surface area contributed by atoms with Gasteiger partial charge in [0.25, 0.3) is 0 Å². The van der Waals surface area contributed by atoms with Crippen molar-refractivity contribution in [3.63, 3.8) is 0 Å². The van der Waals surface area contributed by atoms with Gasteiger partial charge in [0, 0.05) is 18.7 Å². The number of hydrogen-bond donors (Lipinski definition) is 2. The van der Waals surface area contributed by atoms with E-state index in [4.69, 9.17) is 0 Å². The lowest BCUT2D eigenvalue weighted by atomic mass is 9.93. The highest BCUT2D eigenvalue weighted by Gasteiger charge is 2.36. The number of hydrogen-bond acceptors (Lipinski definition) is 4. The largest absolute Gasteiger partial charge is 0.478 e. The lowest BCUT2D eigenvalue weighted by Crippen LogP contribution is -2.59. The molecule has 0 aromatic rings. The fourth-order valence-electron chi connectivity index (χ4n) is 4.23. The van der Waals surface area contributed by atoms with E-state index in [1.165, 1.54) is 6.92 Å². The number of nitrogens with one attached hydrogen (secondary N) is 1. The minimum Gasteiger partial charge on any atom is -0.478 e. The molecule has 7 nitrogen and oxygen atoms in total. The Morgan fingerprint density at radius 2 is 1.77 bits per heavy atom. The molecule has 0 aliphatic carbocycles. The van der Waals surface area contributed by atoms with Gasteiger partial charge in [-0.15, -0.1) is 0 Å². The van der Waals surface area contributed by atoms with Crippen LogP contribution in [0.5, 0.6) is 0 Å². The van der Waals surface area contributed by atoms with E-state index in [-0.39, 0.29) is 47.3 Å². The number of aliphatic carboxylic acids is 1. The number of likely N-dealkylation sites (tertiary alicyclic amines) is 1. The molecule has 1 aliphatic rings. The van der Waals surface area contributed by atoms with E-state index in [1.54, 1.807) is 18.0 Å². The second kappa shape index (κ2) is 12.2. The van der Waals surface area contributed by atoms with Crippen LogP contribution in [-0.2, 0) is 14.4 Å². The Labute approximate surface area is 188 Å². The number of nitrogens with zero attached hydrogens (tertiary/aromatic N) is 2. The van der Waals surface area contributed by atoms with Crippen LogP contribution in [0.25, 0.3) is 0 Å². The summed E-state index contributed by atoms with van der Waals surface area (Å²) in [7, 11) is 1.70. The Hall–Kier alpha value is -1.89. The standard InChI is InChI=1S/C24H43N3O4/c1-9-17(6)21(25-22(28)19-12-10-11-13-27(19)16(4)5)23(29)26(8)20(15(2)3)14-18(7)24(30)31/h14-17,19-21H,9-13H2,1-8H3,(H,25,28)(H,30,31)/t17-,19+,20+,21-/m0/s1. The van der Waals surface area contributed by atoms with Gasteiger partial charge < -0.3 is 15.3 Å². The first kappa shape index (κ1) is 27.1. The molecule has 0 radical (unpaired) electrons. The molecule has 7 heteroatoms. The van der Waals surface area contributed by atoms with Crippen LogP contribution >= 0.6 is 0 Å². The van der Waals surface area contributed by atoms with Crippen molar-refractivity contribution in [3.8, 4) is 0 Å². The van der Waals surface area contributed by atoms with Crippen LogP contribution < -0.4 is 5.32 Å². The third-order valence-electron chi connectivity index (χ3n) is 6.52. The molecule has 178 valence electrons. The van der Waals surface area contributed by atoms with Crippen LogP contribution in [-0.4, -0.2) is 70.4 Å². The number of likely N-dealkylation sites (N-methyl/N-ethyl adjacent to an activating group) is 1. The number of amides is 2. The Kier molecular flexibility index (Phi) is 10.7. The number of carbonyl (C=O) groups excluding carboxylic acids is 2. The van der Waals surface area contributed by atoms with E-state index in [9.17, 15) is 19.5 Å². The number of carboxylic acids is 1. The maximum absolute atomic E-state index is 13.5. The van der Waals surface area contributed by atoms with Gasteiger partial charge in [-0.05, 0) is 52.0 Å². The molecule has 1 aliphatic heterocycles. The van der Waals surface area contributed by atoms with Crippen LogP contribution in [0.2, 0.25) is 0 Å². The zero-order valence-corrected chi connectivity index (χ0v) is 20.6. The zero-order chi connectivity index (χ0) is 23.9. The lowest BCUT2D eigenvalue weighted by molar-refractivity contribution is -0.140. The summed E-state index contributed by atoms with van der Waals surface area (Å²) >= 11 is 0. The van der Waals surface area contributed by atoms with Gasteiger partial charge in [0.05, 0.1) is 12.1 Å². The van der Waals surface area contributed by atoms with Crippen LogP contribution in [0.15, 0.2) is 11.6 Å². The summed E-state index contributed by atoms with van der Waals surface area (Å²) in [6, 6.07) is -0.952. The molecule has 0 saturated carbocycles. The molecular weight excluding hydrogens is 394 g/mol. The molecule has 0 bridgehead atoms. The maximum atomic E-state index is 13.5. The van der Waals surface area contributed by atoms with Crippen LogP contribution in [0.3, 0.4) is 0 Å². The fraction of sp³-hybridized carbons (Fsp3) is 0.792. The second-order valence-electron chi connectivity index (χ2n) is 9.55. The quantitative estimate of drug-likeness (QED) is 0.512. The average molecular weight is 438 g/mol. The summed E-state index contributed by atoms with van der Waals surface area (Å²) in [6.07, 6.45) is 5.28. The Balaban J connectivity index is 3.11. The van der Waals surface area contributed by atoms with Gasteiger partial charge in [-0.2, -0.15) is 0 Å². The van der Waals surface area contributed by atoms with E-state index in [2.05, 4.69) is 24.1 Å². The summed E-state index contributed by atoms with van der Waals surface area (Å²) in [4.78, 5) is 41.8. The van der Waals surface area contributed by atoms with Crippen molar-refractivity contribution in [1.29, 1.82) is 0 Å². The highest BCUT2D eigenvalue weighted by molar-refractivity contribution is 5.90. The van der Waals surface area contributed by atoms with Crippen LogP contribution in [0.4, 0.5) is 0 Å². The van der Waals surface area contributed by atoms with Crippen molar-refractivity contribution in [2.45, 2.75) is 98.3 Å². The SMILES string of the molecule is CC[C@H](C)[C@H](NC(=O)[C@H]1CCCCN1C(C)C)C(=O)N(C)[C@H](C=C(C)C(=O)O)C(C)C. The molecule has 1 saturated heterocycles. The van der Waals surface area contributed by atoms with Crippen molar-refractivity contribution in [1.82, 2.24) is 15.1 Å². The average Bonchev–Trinajstić information content (AvgIpc) is 2.73. The molecule has 1 fully saturated rings. The Morgan fingerprint density at radius 1 is 1.16 bits per heavy atom. The minimum atomic E-state index is -0.996. The van der Waals surface area contributed by atoms with Gasteiger partial charge in [-0.25, -0.2) is 4.79 Å². The second-order valence-corrected chi connectivity index (χ2v) is 9.55. The Bertz CT molecular complexity index is 659. The first-order chi connectivity index (χ1) is 14.4. The normalized spacial score (nSPS) is 21.0. The number of carboxylic acid groups (broad SMARTS) is 1. The van der Waals surface area contributed by atoms with E-state index in [1.807, 2.05) is 27.7 Å². The first-order valence-electron chi connectivity index (χ1n) is 11.7. The summed E-state index contributed by atoms with van der Waals surface area (Å²) in [5.41, 5.74) is 0.206. The molecule has 0 aromatic heterocycles. The first-order valence-corrected chi connectivity index (χ1v) is 11.7. The molecule has 1 rings (SSSR count). The van der Waals surface area contributed by atoms with Gasteiger partial charge >= 0.3 is 5.97 Å². The van der Waals surface area contributed by atoms with Gasteiger partial charge in [-0.1, -0.05) is 46.6 Å². The van der Waals surface area contributed by atoms with Gasteiger partial charge in [0.15, 0.2) is 0 Å². The number of rotatable bonds is 10. The van der Waals surface area contributed by atoms with Crippen molar-refractivity contribution in [2.75, 3.05) is 13.6 Å². The predicted molar refractivity (Wildman–Crippen MR) is 124 cm³/mol. The summed E-state index contributed by atoms with van der Waals surface area (Å²) in [5.74, 6) is -1.26. The summed E-state index contributed by atoms with van der Waals surface area (Å²) in [6.45, 7) is 14.5. The highest BCUT2D eigenvalue weighted by Crippen LogP contribution is 2.22. The number of carbonyl (C=O) groups is 3. The van der Waals surface area contributed by atoms with E-state index < -0.39 is 12.0 Å². The summed E-state index contributed by atoms with van der Waals surface area (Å²) in [5, 5.41) is 12.3. The lowest BCUT2D eigenvalue weighted by Gasteiger charge is -2.39. The molecule has 2 amide bonds. The molecule has 2 N–H and O–H groups in total. The molecule has 0 unspecified atom stereocenters. The van der Waals surface area contributed by atoms with Crippen LogP contribution in [0, 0.1) is 11.8 Å². The Morgan fingerprint density at radius 3 is 2.26 bits per heavy atom. The van der Waals surface area contributed by atoms with Crippen molar-refractivity contribution < 1.29 is 19.5 Å². The van der Waals surface area contributed by atoms with Crippen LogP contribution in [0.1, 0.15) is 74.1 Å². The zero-order valence-electron chi connectivity index (χ0n) is 20.6. The maximum Gasteiger partial charge on any atom is 0.331 e. The van der Waals surface area contributed by atoms with E-state index in [0.717, 1.165) is 32.2 Å².